The lowest BCUT2D eigenvalue weighted by Gasteiger charge is -2.05. The summed E-state index contributed by atoms with van der Waals surface area (Å²) in [6.07, 6.45) is 0. The SMILES string of the molecule is C[CH]n1c(-c2ccccc2C)n[nH]c1=S. The molecule has 0 amide bonds. The van der Waals surface area contributed by atoms with Gasteiger partial charge in [0.05, 0.1) is 6.54 Å². The minimum absolute atomic E-state index is 0.621. The van der Waals surface area contributed by atoms with Crippen LogP contribution < -0.4 is 0 Å². The van der Waals surface area contributed by atoms with Gasteiger partial charge in [-0.05, 0) is 31.6 Å². The van der Waals surface area contributed by atoms with Crippen LogP contribution >= 0.6 is 12.2 Å². The molecule has 2 aromatic rings. The zero-order chi connectivity index (χ0) is 10.8. The lowest BCUT2D eigenvalue weighted by atomic mass is 10.1. The van der Waals surface area contributed by atoms with E-state index in [-0.39, 0.29) is 0 Å². The van der Waals surface area contributed by atoms with Crippen molar-refractivity contribution in [2.24, 2.45) is 0 Å². The second kappa shape index (κ2) is 3.98. The molecule has 0 unspecified atom stereocenters. The minimum Gasteiger partial charge on any atom is -0.295 e. The summed E-state index contributed by atoms with van der Waals surface area (Å²) in [6.45, 7) is 5.91. The van der Waals surface area contributed by atoms with Crippen LogP contribution in [0.15, 0.2) is 24.3 Å². The first-order valence-electron chi connectivity index (χ1n) is 4.76. The summed E-state index contributed by atoms with van der Waals surface area (Å²) in [6, 6.07) is 8.12. The summed E-state index contributed by atoms with van der Waals surface area (Å²) in [5, 5.41) is 7.03. The van der Waals surface area contributed by atoms with Gasteiger partial charge >= 0.3 is 0 Å². The number of nitrogens with zero attached hydrogens (tertiary/aromatic N) is 2. The predicted octanol–water partition coefficient (Wildman–Crippen LogP) is 2.95. The molecule has 4 heteroatoms. The number of benzene rings is 1. The van der Waals surface area contributed by atoms with Crippen LogP contribution in [-0.2, 0) is 0 Å². The Morgan fingerprint density at radius 3 is 2.80 bits per heavy atom. The molecular formula is C11H12N3S. The zero-order valence-electron chi connectivity index (χ0n) is 8.69. The molecule has 0 saturated heterocycles. The van der Waals surface area contributed by atoms with Gasteiger partial charge in [0.1, 0.15) is 0 Å². The van der Waals surface area contributed by atoms with Crippen molar-refractivity contribution in [3.63, 3.8) is 0 Å². The molecule has 2 rings (SSSR count). The summed E-state index contributed by atoms with van der Waals surface area (Å²) in [5.74, 6) is 0.862. The fourth-order valence-electron chi connectivity index (χ4n) is 1.56. The van der Waals surface area contributed by atoms with Crippen molar-refractivity contribution in [1.29, 1.82) is 0 Å². The Balaban J connectivity index is 2.64. The molecule has 0 saturated carbocycles. The first kappa shape index (κ1) is 10.1. The maximum Gasteiger partial charge on any atom is 0.195 e. The largest absolute Gasteiger partial charge is 0.295 e. The molecule has 3 nitrogen and oxygen atoms in total. The van der Waals surface area contributed by atoms with Gasteiger partial charge in [0.25, 0.3) is 0 Å². The van der Waals surface area contributed by atoms with E-state index in [1.807, 2.05) is 36.2 Å². The van der Waals surface area contributed by atoms with Gasteiger partial charge in [-0.2, -0.15) is 5.10 Å². The van der Waals surface area contributed by atoms with E-state index in [1.165, 1.54) is 5.56 Å². The van der Waals surface area contributed by atoms with Crippen molar-refractivity contribution < 1.29 is 0 Å². The summed E-state index contributed by atoms with van der Waals surface area (Å²) < 4.78 is 2.49. The van der Waals surface area contributed by atoms with Gasteiger partial charge in [-0.25, -0.2) is 0 Å². The molecule has 0 bridgehead atoms. The molecule has 1 heterocycles. The van der Waals surface area contributed by atoms with Crippen molar-refractivity contribution in [2.45, 2.75) is 13.8 Å². The van der Waals surface area contributed by atoms with E-state index < -0.39 is 0 Å². The number of H-pyrrole nitrogens is 1. The third kappa shape index (κ3) is 1.72. The number of aromatic nitrogens is 3. The fourth-order valence-corrected chi connectivity index (χ4v) is 1.80. The molecule has 1 radical (unpaired) electrons. The van der Waals surface area contributed by atoms with Gasteiger partial charge in [0.2, 0.25) is 0 Å². The Kier molecular flexibility index (Phi) is 2.68. The monoisotopic (exact) mass is 218 g/mol. The highest BCUT2D eigenvalue weighted by molar-refractivity contribution is 7.71. The van der Waals surface area contributed by atoms with Crippen molar-refractivity contribution in [3.05, 3.63) is 41.1 Å². The summed E-state index contributed by atoms with van der Waals surface area (Å²) in [7, 11) is 0. The van der Waals surface area contributed by atoms with E-state index in [1.54, 1.807) is 0 Å². The third-order valence-electron chi connectivity index (χ3n) is 2.35. The fraction of sp³-hybridized carbons (Fsp3) is 0.182. The normalized spacial score (nSPS) is 10.5. The van der Waals surface area contributed by atoms with Crippen molar-refractivity contribution in [3.8, 4) is 11.4 Å². The number of aromatic amines is 1. The first-order valence-corrected chi connectivity index (χ1v) is 5.17. The Morgan fingerprint density at radius 2 is 2.13 bits per heavy atom. The maximum atomic E-state index is 5.13. The number of hydrogen-bond donors (Lipinski definition) is 1. The van der Waals surface area contributed by atoms with Gasteiger partial charge in [-0.15, -0.1) is 0 Å². The molecule has 1 N–H and O–H groups in total. The third-order valence-corrected chi connectivity index (χ3v) is 2.64. The molecule has 1 aromatic heterocycles. The second-order valence-corrected chi connectivity index (χ2v) is 3.68. The van der Waals surface area contributed by atoms with Gasteiger partial charge in [0, 0.05) is 5.56 Å². The Labute approximate surface area is 93.8 Å². The minimum atomic E-state index is 0.621. The van der Waals surface area contributed by atoms with Crippen molar-refractivity contribution in [1.82, 2.24) is 14.8 Å². The molecule has 0 spiro atoms. The predicted molar refractivity (Wildman–Crippen MR) is 63.0 cm³/mol. The van der Waals surface area contributed by atoms with E-state index >= 15 is 0 Å². The van der Waals surface area contributed by atoms with Crippen LogP contribution in [0.25, 0.3) is 11.4 Å². The highest BCUT2D eigenvalue weighted by Gasteiger charge is 2.08. The first-order chi connectivity index (χ1) is 7.24. The summed E-state index contributed by atoms with van der Waals surface area (Å²) in [5.41, 5.74) is 2.29. The average Bonchev–Trinajstić information content (AvgIpc) is 2.60. The van der Waals surface area contributed by atoms with Gasteiger partial charge in [0.15, 0.2) is 10.6 Å². The van der Waals surface area contributed by atoms with Crippen LogP contribution in [-0.4, -0.2) is 14.8 Å². The van der Waals surface area contributed by atoms with Gasteiger partial charge in [-0.1, -0.05) is 24.3 Å². The van der Waals surface area contributed by atoms with Crippen LogP contribution in [0.1, 0.15) is 12.5 Å². The van der Waals surface area contributed by atoms with Crippen LogP contribution in [0.5, 0.6) is 0 Å². The second-order valence-electron chi connectivity index (χ2n) is 3.30. The highest BCUT2D eigenvalue weighted by atomic mass is 32.1. The summed E-state index contributed by atoms with van der Waals surface area (Å²) in [4.78, 5) is 0. The lowest BCUT2D eigenvalue weighted by Crippen LogP contribution is -1.96. The van der Waals surface area contributed by atoms with Gasteiger partial charge in [-0.3, -0.25) is 9.67 Å². The molecule has 0 fully saturated rings. The van der Waals surface area contributed by atoms with Crippen molar-refractivity contribution in [2.75, 3.05) is 0 Å². The number of aryl methyl sites for hydroxylation is 1. The molecule has 0 aliphatic rings. The quantitative estimate of drug-likeness (QED) is 0.786. The van der Waals surface area contributed by atoms with E-state index in [9.17, 15) is 0 Å². The van der Waals surface area contributed by atoms with E-state index in [0.717, 1.165) is 11.4 Å². The number of hydrogen-bond acceptors (Lipinski definition) is 2. The van der Waals surface area contributed by atoms with Crippen LogP contribution in [0.2, 0.25) is 0 Å². The topological polar surface area (TPSA) is 33.6 Å². The molecule has 0 aliphatic heterocycles. The average molecular weight is 218 g/mol. The molecule has 77 valence electrons. The lowest BCUT2D eigenvalue weighted by molar-refractivity contribution is 0.942. The van der Waals surface area contributed by atoms with E-state index in [4.69, 9.17) is 12.2 Å². The highest BCUT2D eigenvalue weighted by Crippen LogP contribution is 2.21. The van der Waals surface area contributed by atoms with E-state index in [2.05, 4.69) is 23.2 Å². The number of rotatable bonds is 2. The van der Waals surface area contributed by atoms with Crippen LogP contribution in [0.3, 0.4) is 0 Å². The maximum absolute atomic E-state index is 5.13. The molecular weight excluding hydrogens is 206 g/mol. The molecule has 0 aliphatic carbocycles. The molecule has 0 atom stereocenters. The smallest absolute Gasteiger partial charge is 0.195 e. The van der Waals surface area contributed by atoms with Crippen LogP contribution in [0.4, 0.5) is 0 Å². The van der Waals surface area contributed by atoms with Gasteiger partial charge < -0.3 is 0 Å². The molecule has 15 heavy (non-hydrogen) atoms. The Hall–Kier alpha value is -1.42. The molecule has 1 aromatic carbocycles. The van der Waals surface area contributed by atoms with Crippen molar-refractivity contribution >= 4 is 12.2 Å². The number of nitrogens with one attached hydrogen (secondary N) is 1. The van der Waals surface area contributed by atoms with Crippen LogP contribution in [0, 0.1) is 18.2 Å². The Bertz CT molecular complexity index is 525. The summed E-state index contributed by atoms with van der Waals surface area (Å²) >= 11 is 5.13. The Morgan fingerprint density at radius 1 is 1.40 bits per heavy atom. The standard InChI is InChI=1S/C11H12N3S/c1-3-14-10(12-13-11(14)15)9-7-5-4-6-8(9)2/h3-7H,1-2H3,(H,13,15). The zero-order valence-corrected chi connectivity index (χ0v) is 9.51. The van der Waals surface area contributed by atoms with E-state index in [0.29, 0.717) is 4.77 Å².